The number of hydrogen-bond acceptors (Lipinski definition) is 5. The number of amides is 3. The number of nitrogens with zero attached hydrogens (tertiary/aromatic N) is 2. The zero-order chi connectivity index (χ0) is 19.2. The topological polar surface area (TPSA) is 90.3 Å². The second-order valence-corrected chi connectivity index (χ2v) is 7.45. The Morgan fingerprint density at radius 1 is 1.08 bits per heavy atom. The van der Waals surface area contributed by atoms with Crippen LogP contribution in [0.1, 0.15) is 26.3 Å². The largest absolute Gasteiger partial charge is 0.315 e. The van der Waals surface area contributed by atoms with E-state index in [0.717, 1.165) is 11.3 Å². The predicted octanol–water partition coefficient (Wildman–Crippen LogP) is 4.47. The fourth-order valence-corrected chi connectivity index (χ4v) is 4.11. The summed E-state index contributed by atoms with van der Waals surface area (Å²) in [6, 6.07) is 3.45. The Bertz CT molecular complexity index is 981. The molecule has 0 spiro atoms. The molecule has 6 nitrogen and oxygen atoms in total. The van der Waals surface area contributed by atoms with E-state index in [2.05, 4.69) is 5.32 Å². The number of halogens is 4. The Labute approximate surface area is 170 Å². The molecule has 0 aliphatic carbocycles. The maximum Gasteiger partial charge on any atom is 0.263 e. The van der Waals surface area contributed by atoms with Crippen LogP contribution in [0.3, 0.4) is 0 Å². The molecule has 132 valence electrons. The summed E-state index contributed by atoms with van der Waals surface area (Å²) in [5, 5.41) is 12.7. The van der Waals surface area contributed by atoms with Crippen LogP contribution < -0.4 is 5.32 Å². The molecule has 0 saturated heterocycles. The fourth-order valence-electron chi connectivity index (χ4n) is 2.34. The van der Waals surface area contributed by atoms with Gasteiger partial charge in [0, 0.05) is 0 Å². The molecule has 0 radical (unpaired) electrons. The van der Waals surface area contributed by atoms with Gasteiger partial charge >= 0.3 is 0 Å². The van der Waals surface area contributed by atoms with Gasteiger partial charge in [-0.2, -0.15) is 5.26 Å². The van der Waals surface area contributed by atoms with Crippen molar-refractivity contribution in [1.29, 1.82) is 5.26 Å². The molecule has 1 aliphatic heterocycles. The maximum atomic E-state index is 12.5. The maximum absolute atomic E-state index is 12.5. The Kier molecular flexibility index (Phi) is 5.15. The van der Waals surface area contributed by atoms with Gasteiger partial charge in [0.1, 0.15) is 17.6 Å². The van der Waals surface area contributed by atoms with Gasteiger partial charge in [-0.3, -0.25) is 19.3 Å². The van der Waals surface area contributed by atoms with Crippen LogP contribution in [-0.2, 0) is 4.79 Å². The van der Waals surface area contributed by atoms with E-state index in [9.17, 15) is 14.4 Å². The SMILES string of the molecule is N#Cc1ccsc1NC(=O)CN1C(=O)c2c(Cl)c(Cl)c(Cl)c(Cl)c2C1=O. The third-order valence-corrected chi connectivity index (χ3v) is 6.16. The second kappa shape index (κ2) is 7.06. The molecule has 1 aromatic heterocycles. The summed E-state index contributed by atoms with van der Waals surface area (Å²) in [6.45, 7) is -0.586. The van der Waals surface area contributed by atoms with Crippen molar-refractivity contribution in [2.75, 3.05) is 11.9 Å². The van der Waals surface area contributed by atoms with Crippen molar-refractivity contribution < 1.29 is 14.4 Å². The first kappa shape index (κ1) is 19.0. The molecule has 3 amide bonds. The number of hydrogen-bond donors (Lipinski definition) is 1. The van der Waals surface area contributed by atoms with Gasteiger partial charge in [-0.15, -0.1) is 11.3 Å². The van der Waals surface area contributed by atoms with Crippen LogP contribution in [-0.4, -0.2) is 29.2 Å². The number of benzene rings is 1. The van der Waals surface area contributed by atoms with E-state index < -0.39 is 24.3 Å². The van der Waals surface area contributed by atoms with Crippen LogP contribution in [0, 0.1) is 11.3 Å². The highest BCUT2D eigenvalue weighted by Crippen LogP contribution is 2.44. The van der Waals surface area contributed by atoms with Crippen LogP contribution >= 0.6 is 57.7 Å². The first-order valence-electron chi connectivity index (χ1n) is 6.77. The number of nitrogens with one attached hydrogen (secondary N) is 1. The molecule has 11 heteroatoms. The number of imide groups is 1. The minimum atomic E-state index is -0.808. The zero-order valence-corrected chi connectivity index (χ0v) is 16.2. The number of carbonyl (C=O) groups excluding carboxylic acids is 3. The lowest BCUT2D eigenvalue weighted by molar-refractivity contribution is -0.116. The average molecular weight is 449 g/mol. The van der Waals surface area contributed by atoms with Crippen molar-refractivity contribution in [2.45, 2.75) is 0 Å². The first-order chi connectivity index (χ1) is 12.3. The summed E-state index contributed by atoms with van der Waals surface area (Å²) in [5.41, 5.74) is -0.120. The summed E-state index contributed by atoms with van der Waals surface area (Å²) in [6.07, 6.45) is 0. The van der Waals surface area contributed by atoms with Crippen molar-refractivity contribution >= 4 is 80.5 Å². The normalized spacial score (nSPS) is 13.0. The smallest absolute Gasteiger partial charge is 0.263 e. The number of carbonyl (C=O) groups is 3. The van der Waals surface area contributed by atoms with Crippen LogP contribution in [0.4, 0.5) is 5.00 Å². The van der Waals surface area contributed by atoms with E-state index >= 15 is 0 Å². The molecule has 1 aromatic carbocycles. The molecular weight excluding hydrogens is 444 g/mol. The van der Waals surface area contributed by atoms with E-state index in [4.69, 9.17) is 51.7 Å². The third kappa shape index (κ3) is 2.94. The van der Waals surface area contributed by atoms with E-state index in [1.807, 2.05) is 6.07 Å². The van der Waals surface area contributed by atoms with E-state index in [0.29, 0.717) is 9.90 Å². The minimum absolute atomic E-state index is 0.151. The highest BCUT2D eigenvalue weighted by molar-refractivity contribution is 7.14. The van der Waals surface area contributed by atoms with E-state index in [1.165, 1.54) is 6.07 Å². The van der Waals surface area contributed by atoms with Crippen LogP contribution in [0.2, 0.25) is 20.1 Å². The Morgan fingerprint density at radius 3 is 2.12 bits per heavy atom. The predicted molar refractivity (Wildman–Crippen MR) is 99.5 cm³/mol. The van der Waals surface area contributed by atoms with Crippen molar-refractivity contribution in [3.63, 3.8) is 0 Å². The van der Waals surface area contributed by atoms with Gasteiger partial charge < -0.3 is 5.32 Å². The van der Waals surface area contributed by atoms with E-state index in [1.54, 1.807) is 5.38 Å². The molecule has 1 N–H and O–H groups in total. The molecular formula is C15H5Cl4N3O3S. The zero-order valence-electron chi connectivity index (χ0n) is 12.4. The van der Waals surface area contributed by atoms with Crippen molar-refractivity contribution in [2.24, 2.45) is 0 Å². The number of nitriles is 1. The molecule has 3 rings (SSSR count). The highest BCUT2D eigenvalue weighted by atomic mass is 35.5. The summed E-state index contributed by atoms with van der Waals surface area (Å²) in [7, 11) is 0. The second-order valence-electron chi connectivity index (χ2n) is 5.03. The summed E-state index contributed by atoms with van der Waals surface area (Å²) >= 11 is 25.0. The Morgan fingerprint density at radius 2 is 1.62 bits per heavy atom. The van der Waals surface area contributed by atoms with Crippen LogP contribution in [0.15, 0.2) is 11.4 Å². The average Bonchev–Trinajstić information content (AvgIpc) is 3.15. The van der Waals surface area contributed by atoms with Gasteiger partial charge in [-0.1, -0.05) is 46.4 Å². The van der Waals surface area contributed by atoms with Crippen LogP contribution in [0.5, 0.6) is 0 Å². The monoisotopic (exact) mass is 447 g/mol. The van der Waals surface area contributed by atoms with Gasteiger partial charge in [-0.25, -0.2) is 0 Å². The van der Waals surface area contributed by atoms with E-state index in [-0.39, 0.29) is 36.8 Å². The molecule has 0 atom stereocenters. The lowest BCUT2D eigenvalue weighted by atomic mass is 10.1. The third-order valence-electron chi connectivity index (χ3n) is 3.53. The minimum Gasteiger partial charge on any atom is -0.315 e. The fraction of sp³-hybridized carbons (Fsp3) is 0.0667. The number of fused-ring (bicyclic) bond motifs is 1. The lowest BCUT2D eigenvalue weighted by Crippen LogP contribution is -2.37. The number of anilines is 1. The molecule has 2 aromatic rings. The number of thiophene rings is 1. The molecule has 0 fully saturated rings. The van der Waals surface area contributed by atoms with Gasteiger partial charge in [0.05, 0.1) is 36.8 Å². The molecule has 1 aliphatic rings. The summed E-state index contributed by atoms with van der Waals surface area (Å²) in [4.78, 5) is 38.0. The summed E-state index contributed by atoms with van der Waals surface area (Å²) < 4.78 is 0. The molecule has 0 bridgehead atoms. The molecule has 26 heavy (non-hydrogen) atoms. The number of rotatable bonds is 3. The van der Waals surface area contributed by atoms with Gasteiger partial charge in [0.25, 0.3) is 11.8 Å². The van der Waals surface area contributed by atoms with Crippen molar-refractivity contribution in [3.8, 4) is 6.07 Å². The molecule has 0 unspecified atom stereocenters. The Hall–Kier alpha value is -1.82. The Balaban J connectivity index is 1.89. The standard InChI is InChI=1S/C15H5Cl4N3O3S/c16-9-7-8(10(17)12(19)11(9)18)15(25)22(14(7)24)4-6(23)21-13-5(3-20)1-2-26-13/h1-2H,4H2,(H,21,23). The summed E-state index contributed by atoms with van der Waals surface area (Å²) in [5.74, 6) is -2.28. The quantitative estimate of drug-likeness (QED) is 0.426. The van der Waals surface area contributed by atoms with Gasteiger partial charge in [0.2, 0.25) is 5.91 Å². The van der Waals surface area contributed by atoms with Gasteiger partial charge in [0.15, 0.2) is 0 Å². The molecule has 0 saturated carbocycles. The van der Waals surface area contributed by atoms with Crippen LogP contribution in [0.25, 0.3) is 0 Å². The van der Waals surface area contributed by atoms with Crippen molar-refractivity contribution in [1.82, 2.24) is 4.90 Å². The lowest BCUT2D eigenvalue weighted by Gasteiger charge is -2.13. The first-order valence-corrected chi connectivity index (χ1v) is 9.16. The highest BCUT2D eigenvalue weighted by Gasteiger charge is 2.42. The molecule has 2 heterocycles. The van der Waals surface area contributed by atoms with Crippen molar-refractivity contribution in [3.05, 3.63) is 48.2 Å². The van der Waals surface area contributed by atoms with Gasteiger partial charge in [-0.05, 0) is 11.4 Å².